The van der Waals surface area contributed by atoms with Crippen LogP contribution in [0.1, 0.15) is 16.9 Å². The number of ether oxygens (including phenoxy) is 1. The van der Waals surface area contributed by atoms with E-state index in [0.29, 0.717) is 18.8 Å². The molecule has 1 aliphatic heterocycles. The first-order chi connectivity index (χ1) is 16.2. The molecule has 1 fully saturated rings. The fourth-order valence-corrected chi connectivity index (χ4v) is 4.21. The summed E-state index contributed by atoms with van der Waals surface area (Å²) in [6.45, 7) is 1.36. The molecule has 33 heavy (non-hydrogen) atoms. The van der Waals surface area contributed by atoms with Crippen molar-refractivity contribution < 1.29 is 9.53 Å². The highest BCUT2D eigenvalue weighted by atomic mass is 16.5. The zero-order chi connectivity index (χ0) is 22.6. The van der Waals surface area contributed by atoms with E-state index in [4.69, 9.17) is 9.84 Å². The van der Waals surface area contributed by atoms with Crippen LogP contribution in [0.2, 0.25) is 0 Å². The number of likely N-dealkylation sites (tertiary alicyclic amines) is 1. The number of para-hydroxylation sites is 2. The van der Waals surface area contributed by atoms with Crippen molar-refractivity contribution in [2.75, 3.05) is 25.5 Å². The lowest BCUT2D eigenvalue weighted by Crippen LogP contribution is -2.31. The van der Waals surface area contributed by atoms with Crippen molar-refractivity contribution in [2.24, 2.45) is 0 Å². The molecule has 0 saturated carbocycles. The number of rotatable bonds is 6. The number of nitrogens with zero attached hydrogens (tertiary/aromatic N) is 3. The summed E-state index contributed by atoms with van der Waals surface area (Å²) in [6, 6.07) is 29.9. The first kappa shape index (κ1) is 20.8. The van der Waals surface area contributed by atoms with Crippen LogP contribution < -0.4 is 10.1 Å². The Labute approximate surface area is 193 Å². The predicted molar refractivity (Wildman–Crippen MR) is 130 cm³/mol. The van der Waals surface area contributed by atoms with Gasteiger partial charge in [0.2, 0.25) is 0 Å². The minimum absolute atomic E-state index is 0.0446. The third-order valence-corrected chi connectivity index (χ3v) is 5.94. The quantitative estimate of drug-likeness (QED) is 0.466. The fourth-order valence-electron chi connectivity index (χ4n) is 4.21. The van der Waals surface area contributed by atoms with E-state index >= 15 is 0 Å². The Hall–Kier alpha value is -4.06. The smallest absolute Gasteiger partial charge is 0.274 e. The first-order valence-corrected chi connectivity index (χ1v) is 11.1. The van der Waals surface area contributed by atoms with Crippen LogP contribution in [-0.2, 0) is 0 Å². The number of hydrogen-bond donors (Lipinski definition) is 1. The lowest BCUT2D eigenvalue weighted by Gasteiger charge is -2.16. The van der Waals surface area contributed by atoms with E-state index in [0.717, 1.165) is 34.8 Å². The molecule has 1 amide bonds. The molecule has 0 spiro atoms. The molecule has 3 aromatic carbocycles. The molecule has 4 aromatic rings. The lowest BCUT2D eigenvalue weighted by molar-refractivity contribution is 0.0785. The van der Waals surface area contributed by atoms with Crippen molar-refractivity contribution in [3.05, 3.63) is 96.7 Å². The van der Waals surface area contributed by atoms with E-state index < -0.39 is 0 Å². The average molecular weight is 439 g/mol. The first-order valence-electron chi connectivity index (χ1n) is 11.1. The summed E-state index contributed by atoms with van der Waals surface area (Å²) in [5.41, 5.74) is 4.27. The highest BCUT2D eigenvalue weighted by Gasteiger charge is 2.29. The maximum absolute atomic E-state index is 13.4. The molecule has 1 saturated heterocycles. The van der Waals surface area contributed by atoms with Gasteiger partial charge in [-0.05, 0) is 61.0 Å². The third-order valence-electron chi connectivity index (χ3n) is 5.94. The Bertz CT molecular complexity index is 1220. The second-order valence-corrected chi connectivity index (χ2v) is 8.14. The Morgan fingerprint density at radius 2 is 1.67 bits per heavy atom. The number of methoxy groups -OCH3 is 1. The second kappa shape index (κ2) is 9.20. The molecular weight excluding hydrogens is 412 g/mol. The molecule has 5 rings (SSSR count). The zero-order valence-electron chi connectivity index (χ0n) is 18.5. The molecule has 1 aliphatic rings. The number of anilines is 1. The summed E-state index contributed by atoms with van der Waals surface area (Å²) in [5.74, 6) is 0.742. The van der Waals surface area contributed by atoms with E-state index in [2.05, 4.69) is 5.32 Å². The third kappa shape index (κ3) is 4.46. The van der Waals surface area contributed by atoms with Gasteiger partial charge >= 0.3 is 0 Å². The molecule has 1 N–H and O–H groups in total. The van der Waals surface area contributed by atoms with Gasteiger partial charge in [-0.2, -0.15) is 5.10 Å². The number of benzene rings is 3. The summed E-state index contributed by atoms with van der Waals surface area (Å²) >= 11 is 0. The molecular formula is C27H26N4O2. The summed E-state index contributed by atoms with van der Waals surface area (Å²) in [6.07, 6.45) is 0.908. The topological polar surface area (TPSA) is 59.4 Å². The van der Waals surface area contributed by atoms with Crippen molar-refractivity contribution in [3.8, 4) is 22.7 Å². The van der Waals surface area contributed by atoms with Crippen LogP contribution in [0.15, 0.2) is 91.0 Å². The molecule has 166 valence electrons. The minimum atomic E-state index is -0.0446. The van der Waals surface area contributed by atoms with Gasteiger partial charge in [0.1, 0.15) is 5.75 Å². The fraction of sp³-hybridized carbons (Fsp3) is 0.185. The van der Waals surface area contributed by atoms with Crippen molar-refractivity contribution in [3.63, 3.8) is 0 Å². The monoisotopic (exact) mass is 438 g/mol. The number of nitrogens with one attached hydrogen (secondary N) is 1. The number of carbonyl (C=O) groups excluding carboxylic acids is 1. The van der Waals surface area contributed by atoms with Gasteiger partial charge in [0.15, 0.2) is 5.69 Å². The van der Waals surface area contributed by atoms with Crippen LogP contribution in [0.4, 0.5) is 5.69 Å². The summed E-state index contributed by atoms with van der Waals surface area (Å²) in [7, 11) is 1.65. The molecule has 1 aromatic heterocycles. The van der Waals surface area contributed by atoms with Crippen LogP contribution in [0.3, 0.4) is 0 Å². The van der Waals surface area contributed by atoms with Gasteiger partial charge in [-0.25, -0.2) is 4.68 Å². The Kier molecular flexibility index (Phi) is 5.81. The average Bonchev–Trinajstić information content (AvgIpc) is 3.53. The molecule has 0 radical (unpaired) electrons. The van der Waals surface area contributed by atoms with Crippen LogP contribution in [-0.4, -0.2) is 46.8 Å². The van der Waals surface area contributed by atoms with Gasteiger partial charge in [0.25, 0.3) is 5.91 Å². The van der Waals surface area contributed by atoms with Gasteiger partial charge in [-0.15, -0.1) is 0 Å². The van der Waals surface area contributed by atoms with Crippen LogP contribution in [0, 0.1) is 0 Å². The number of aromatic nitrogens is 2. The molecule has 6 nitrogen and oxygen atoms in total. The Balaban J connectivity index is 1.41. The molecule has 1 unspecified atom stereocenters. The van der Waals surface area contributed by atoms with Crippen LogP contribution >= 0.6 is 0 Å². The van der Waals surface area contributed by atoms with Gasteiger partial charge in [0.05, 0.1) is 18.5 Å². The number of hydrogen-bond acceptors (Lipinski definition) is 4. The van der Waals surface area contributed by atoms with Crippen molar-refractivity contribution in [1.82, 2.24) is 14.7 Å². The Morgan fingerprint density at radius 3 is 2.36 bits per heavy atom. The van der Waals surface area contributed by atoms with Crippen molar-refractivity contribution in [2.45, 2.75) is 12.5 Å². The van der Waals surface area contributed by atoms with Gasteiger partial charge in [-0.3, -0.25) is 4.79 Å². The SMILES string of the molecule is COc1ccc(-c2cc(C(=O)N3CCC(Nc4ccccc4)C3)nn2-c2ccccc2)cc1. The van der Waals surface area contributed by atoms with E-state index in [1.807, 2.05) is 101 Å². The minimum Gasteiger partial charge on any atom is -0.497 e. The number of carbonyl (C=O) groups is 1. The predicted octanol–water partition coefficient (Wildman–Crippen LogP) is 4.87. The highest BCUT2D eigenvalue weighted by molar-refractivity contribution is 5.94. The van der Waals surface area contributed by atoms with Crippen molar-refractivity contribution in [1.29, 1.82) is 0 Å². The van der Waals surface area contributed by atoms with E-state index in [1.54, 1.807) is 7.11 Å². The van der Waals surface area contributed by atoms with Gasteiger partial charge in [-0.1, -0.05) is 36.4 Å². The maximum Gasteiger partial charge on any atom is 0.274 e. The zero-order valence-corrected chi connectivity index (χ0v) is 18.5. The summed E-state index contributed by atoms with van der Waals surface area (Å²) in [4.78, 5) is 15.3. The van der Waals surface area contributed by atoms with E-state index in [9.17, 15) is 4.79 Å². The molecule has 1 atom stereocenters. The lowest BCUT2D eigenvalue weighted by atomic mass is 10.1. The second-order valence-electron chi connectivity index (χ2n) is 8.14. The molecule has 2 heterocycles. The number of amides is 1. The molecule has 0 bridgehead atoms. The molecule has 6 heteroatoms. The van der Waals surface area contributed by atoms with Crippen LogP contribution in [0.25, 0.3) is 16.9 Å². The Morgan fingerprint density at radius 1 is 0.970 bits per heavy atom. The van der Waals surface area contributed by atoms with E-state index in [-0.39, 0.29) is 11.9 Å². The highest BCUT2D eigenvalue weighted by Crippen LogP contribution is 2.27. The molecule has 0 aliphatic carbocycles. The van der Waals surface area contributed by atoms with Crippen LogP contribution in [0.5, 0.6) is 5.75 Å². The maximum atomic E-state index is 13.4. The van der Waals surface area contributed by atoms with Gasteiger partial charge in [0, 0.05) is 30.4 Å². The normalized spacial score (nSPS) is 15.4. The largest absolute Gasteiger partial charge is 0.497 e. The standard InChI is InChI=1S/C27H26N4O2/c1-33-24-14-12-20(13-15-24)26-18-25(29-31(26)23-10-6-3-7-11-23)27(32)30-17-16-22(19-30)28-21-8-4-2-5-9-21/h2-15,18,22,28H,16-17,19H2,1H3. The summed E-state index contributed by atoms with van der Waals surface area (Å²) in [5, 5.41) is 8.25. The van der Waals surface area contributed by atoms with Gasteiger partial charge < -0.3 is 15.0 Å². The van der Waals surface area contributed by atoms with Crippen molar-refractivity contribution >= 4 is 11.6 Å². The summed E-state index contributed by atoms with van der Waals surface area (Å²) < 4.78 is 7.13. The van der Waals surface area contributed by atoms with E-state index in [1.165, 1.54) is 0 Å².